The normalized spacial score (nSPS) is 10.2. The van der Waals surface area contributed by atoms with Crippen molar-refractivity contribution in [2.24, 2.45) is 0 Å². The number of alkyl halides is 1. The highest BCUT2D eigenvalue weighted by Crippen LogP contribution is 2.09. The second-order valence-electron chi connectivity index (χ2n) is 2.29. The number of aryl methyl sites for hydroxylation is 2. The fourth-order valence-electron chi connectivity index (χ4n) is 0.897. The van der Waals surface area contributed by atoms with Gasteiger partial charge in [0.1, 0.15) is 12.9 Å². The molecule has 0 N–H and O–H groups in total. The van der Waals surface area contributed by atoms with Crippen LogP contribution in [-0.2, 0) is 6.54 Å². The molecule has 0 radical (unpaired) electrons. The topological polar surface area (TPSA) is 61.0 Å². The maximum Gasteiger partial charge on any atom is 0.381 e. The highest BCUT2D eigenvalue weighted by Gasteiger charge is 2.13. The Hall–Kier alpha value is -1.46. The number of imidazole rings is 1. The Kier molecular flexibility index (Phi) is 2.37. The number of halogens is 1. The predicted molar refractivity (Wildman–Crippen MR) is 39.6 cm³/mol. The van der Waals surface area contributed by atoms with Crippen LogP contribution in [0.25, 0.3) is 0 Å². The van der Waals surface area contributed by atoms with Gasteiger partial charge < -0.3 is 14.7 Å². The molecule has 1 aromatic rings. The number of nitrogens with zero attached hydrogens (tertiary/aromatic N) is 3. The molecule has 66 valence electrons. The Labute approximate surface area is 68.0 Å². The Morgan fingerprint density at radius 2 is 2.50 bits per heavy atom. The van der Waals surface area contributed by atoms with Gasteiger partial charge in [-0.1, -0.05) is 0 Å². The first-order valence-corrected chi connectivity index (χ1v) is 3.39. The number of hydrogen-bond acceptors (Lipinski definition) is 3. The third kappa shape index (κ3) is 1.58. The van der Waals surface area contributed by atoms with Crippen molar-refractivity contribution in [3.63, 3.8) is 0 Å². The molecular weight excluding hydrogens is 164 g/mol. The van der Waals surface area contributed by atoms with E-state index >= 15 is 0 Å². The molecule has 0 unspecified atom stereocenters. The van der Waals surface area contributed by atoms with E-state index < -0.39 is 11.6 Å². The quantitative estimate of drug-likeness (QED) is 0.506. The minimum Gasteiger partial charge on any atom is -0.358 e. The molecule has 0 aliphatic heterocycles. The van der Waals surface area contributed by atoms with Crippen LogP contribution in [0.2, 0.25) is 0 Å². The molecule has 0 saturated heterocycles. The van der Waals surface area contributed by atoms with Gasteiger partial charge in [-0.05, 0) is 9.91 Å². The van der Waals surface area contributed by atoms with Crippen molar-refractivity contribution in [1.82, 2.24) is 9.55 Å². The van der Waals surface area contributed by atoms with Gasteiger partial charge in [0.05, 0.1) is 6.54 Å². The molecule has 0 aliphatic rings. The summed E-state index contributed by atoms with van der Waals surface area (Å²) in [6.45, 7) is 1.17. The summed E-state index contributed by atoms with van der Waals surface area (Å²) in [6.07, 6.45) is 1.23. The van der Waals surface area contributed by atoms with Gasteiger partial charge in [0.2, 0.25) is 5.82 Å². The molecule has 6 heteroatoms. The van der Waals surface area contributed by atoms with E-state index in [0.29, 0.717) is 5.82 Å². The Morgan fingerprint density at radius 1 is 1.83 bits per heavy atom. The van der Waals surface area contributed by atoms with E-state index in [4.69, 9.17) is 0 Å². The lowest BCUT2D eigenvalue weighted by molar-refractivity contribution is -0.389. The van der Waals surface area contributed by atoms with Crippen molar-refractivity contribution in [3.8, 4) is 0 Å². The fraction of sp³-hybridized carbons (Fsp3) is 0.500. The van der Waals surface area contributed by atoms with Crippen LogP contribution in [0.4, 0.5) is 10.2 Å². The summed E-state index contributed by atoms with van der Waals surface area (Å²) >= 11 is 0. The molecule has 1 heterocycles. The van der Waals surface area contributed by atoms with E-state index in [9.17, 15) is 14.5 Å². The van der Waals surface area contributed by atoms with Crippen LogP contribution in [0, 0.1) is 17.0 Å². The first-order chi connectivity index (χ1) is 5.65. The molecule has 0 amide bonds. The van der Waals surface area contributed by atoms with Crippen molar-refractivity contribution in [2.75, 3.05) is 6.67 Å². The number of nitro groups is 1. The molecule has 0 aromatic carbocycles. The summed E-state index contributed by atoms with van der Waals surface area (Å²) in [5.74, 6) is 0.223. The van der Waals surface area contributed by atoms with E-state index in [1.54, 1.807) is 6.92 Å². The second kappa shape index (κ2) is 3.29. The fourth-order valence-corrected chi connectivity index (χ4v) is 0.897. The summed E-state index contributed by atoms with van der Waals surface area (Å²) in [5, 5.41) is 10.2. The first kappa shape index (κ1) is 8.63. The van der Waals surface area contributed by atoms with Crippen LogP contribution in [0.15, 0.2) is 6.20 Å². The van der Waals surface area contributed by atoms with Crippen molar-refractivity contribution in [3.05, 3.63) is 22.1 Å². The SMILES string of the molecule is Cc1nc([N+](=O)[O-])cn1CC[18F]. The van der Waals surface area contributed by atoms with Crippen molar-refractivity contribution >= 4 is 5.82 Å². The maximum absolute atomic E-state index is 11.9. The van der Waals surface area contributed by atoms with Gasteiger partial charge in [-0.3, -0.25) is 0 Å². The zero-order chi connectivity index (χ0) is 9.14. The van der Waals surface area contributed by atoms with Gasteiger partial charge in [-0.2, -0.15) is 0 Å². The van der Waals surface area contributed by atoms with Crippen LogP contribution < -0.4 is 0 Å². The summed E-state index contributed by atoms with van der Waals surface area (Å²) < 4.78 is 13.3. The minimum absolute atomic E-state index is 0.118. The largest absolute Gasteiger partial charge is 0.381 e. The third-order valence-corrected chi connectivity index (χ3v) is 1.48. The average Bonchev–Trinajstić information content (AvgIpc) is 2.34. The van der Waals surface area contributed by atoms with E-state index in [1.807, 2.05) is 0 Å². The summed E-state index contributed by atoms with van der Waals surface area (Å²) in [7, 11) is 0. The Bertz CT molecular complexity index is 297. The van der Waals surface area contributed by atoms with E-state index in [1.165, 1.54) is 10.8 Å². The van der Waals surface area contributed by atoms with Crippen LogP contribution in [0.3, 0.4) is 0 Å². The Balaban J connectivity index is 2.92. The summed E-state index contributed by atoms with van der Waals surface area (Å²) in [5.41, 5.74) is 0. The molecule has 1 rings (SSSR count). The minimum atomic E-state index is -0.596. The Morgan fingerprint density at radius 3 is 2.92 bits per heavy atom. The highest BCUT2D eigenvalue weighted by molar-refractivity contribution is 5.16. The average molecular weight is 172 g/mol. The number of aromatic nitrogens is 2. The molecule has 0 saturated carbocycles. The molecule has 5 nitrogen and oxygen atoms in total. The second-order valence-corrected chi connectivity index (χ2v) is 2.29. The van der Waals surface area contributed by atoms with Gasteiger partial charge >= 0.3 is 5.82 Å². The third-order valence-electron chi connectivity index (χ3n) is 1.48. The van der Waals surface area contributed by atoms with E-state index in [0.717, 1.165) is 0 Å². The molecule has 12 heavy (non-hydrogen) atoms. The lowest BCUT2D eigenvalue weighted by atomic mass is 10.6. The zero-order valence-corrected chi connectivity index (χ0v) is 6.53. The van der Waals surface area contributed by atoms with Crippen LogP contribution >= 0.6 is 0 Å². The standard InChI is InChI=1S/C6H8FN3O2/c1-5-8-6(10(11)12)4-9(5)3-2-7/h4H,2-3H2,1H3/i7-1. The highest BCUT2D eigenvalue weighted by atomic mass is 18.2. The van der Waals surface area contributed by atoms with Crippen LogP contribution in [0.5, 0.6) is 0 Å². The van der Waals surface area contributed by atoms with E-state index in [-0.39, 0.29) is 12.4 Å². The summed E-state index contributed by atoms with van der Waals surface area (Å²) in [6, 6.07) is 0. The number of rotatable bonds is 3. The lowest BCUT2D eigenvalue weighted by Gasteiger charge is -1.94. The van der Waals surface area contributed by atoms with E-state index in [2.05, 4.69) is 4.98 Å². The van der Waals surface area contributed by atoms with Crippen LogP contribution in [-0.4, -0.2) is 21.1 Å². The molecule has 0 spiro atoms. The van der Waals surface area contributed by atoms with Gasteiger partial charge in [0.15, 0.2) is 0 Å². The van der Waals surface area contributed by atoms with Crippen molar-refractivity contribution < 1.29 is 9.31 Å². The first-order valence-electron chi connectivity index (χ1n) is 3.39. The molecule has 0 atom stereocenters. The van der Waals surface area contributed by atoms with Gasteiger partial charge in [0.25, 0.3) is 0 Å². The predicted octanol–water partition coefficient (Wildman–Crippen LogP) is 1.07. The number of hydrogen-bond donors (Lipinski definition) is 0. The monoisotopic (exact) mass is 172 g/mol. The molecule has 0 aliphatic carbocycles. The molecule has 0 fully saturated rings. The molecule has 1 aromatic heterocycles. The van der Waals surface area contributed by atoms with Gasteiger partial charge in [-0.15, -0.1) is 0 Å². The van der Waals surface area contributed by atoms with Gasteiger partial charge in [0, 0.05) is 6.92 Å². The van der Waals surface area contributed by atoms with Gasteiger partial charge in [-0.25, -0.2) is 4.39 Å². The maximum atomic E-state index is 11.9. The van der Waals surface area contributed by atoms with Crippen molar-refractivity contribution in [2.45, 2.75) is 13.5 Å². The van der Waals surface area contributed by atoms with Crippen LogP contribution in [0.1, 0.15) is 5.82 Å². The molecular formula is C6H8FN3O2. The zero-order valence-electron chi connectivity index (χ0n) is 6.53. The van der Waals surface area contributed by atoms with Crippen molar-refractivity contribution in [1.29, 1.82) is 0 Å². The smallest absolute Gasteiger partial charge is 0.358 e. The lowest BCUT2D eigenvalue weighted by Crippen LogP contribution is -1.99. The summed E-state index contributed by atoms with van der Waals surface area (Å²) in [4.78, 5) is 13.2. The molecule has 0 bridgehead atoms.